The van der Waals surface area contributed by atoms with Gasteiger partial charge < -0.3 is 15.4 Å². The summed E-state index contributed by atoms with van der Waals surface area (Å²) in [6.45, 7) is 3.85. The van der Waals surface area contributed by atoms with Crippen LogP contribution in [-0.4, -0.2) is 37.1 Å². The summed E-state index contributed by atoms with van der Waals surface area (Å²) >= 11 is 6.30. The SMILES string of the molecule is CCn1ncc2c3c(NCc4ccc(OC)c(Cl)c4)nnc(NCc4cccnc4)c3cnc21. The van der Waals surface area contributed by atoms with E-state index in [1.54, 1.807) is 13.3 Å². The van der Waals surface area contributed by atoms with Crippen LogP contribution in [-0.2, 0) is 19.6 Å². The lowest BCUT2D eigenvalue weighted by molar-refractivity contribution is 0.415. The molecule has 0 saturated carbocycles. The predicted molar refractivity (Wildman–Crippen MR) is 133 cm³/mol. The largest absolute Gasteiger partial charge is 0.495 e. The van der Waals surface area contributed by atoms with Gasteiger partial charge in [-0.15, -0.1) is 10.2 Å². The zero-order valence-electron chi connectivity index (χ0n) is 18.8. The highest BCUT2D eigenvalue weighted by Crippen LogP contribution is 2.33. The van der Waals surface area contributed by atoms with Gasteiger partial charge in [-0.05, 0) is 36.2 Å². The van der Waals surface area contributed by atoms with Crippen LogP contribution in [0.15, 0.2) is 55.1 Å². The second-order valence-electron chi connectivity index (χ2n) is 7.68. The molecule has 172 valence electrons. The molecule has 0 aliphatic rings. The van der Waals surface area contributed by atoms with Gasteiger partial charge in [0.1, 0.15) is 5.75 Å². The van der Waals surface area contributed by atoms with Gasteiger partial charge in [-0.3, -0.25) is 4.98 Å². The molecule has 10 heteroatoms. The molecule has 0 saturated heterocycles. The molecule has 4 heterocycles. The van der Waals surface area contributed by atoms with Crippen molar-refractivity contribution in [3.05, 3.63) is 71.3 Å². The molecular weight excluding hydrogens is 452 g/mol. The number of nitrogens with zero attached hydrogens (tertiary/aromatic N) is 6. The van der Waals surface area contributed by atoms with Crippen molar-refractivity contribution in [2.45, 2.75) is 26.6 Å². The molecule has 0 fully saturated rings. The van der Waals surface area contributed by atoms with Crippen LogP contribution in [0.4, 0.5) is 11.6 Å². The van der Waals surface area contributed by atoms with Gasteiger partial charge in [0.25, 0.3) is 0 Å². The van der Waals surface area contributed by atoms with Crippen molar-refractivity contribution in [2.75, 3.05) is 17.7 Å². The maximum Gasteiger partial charge on any atom is 0.158 e. The molecule has 4 aromatic heterocycles. The average molecular weight is 475 g/mol. The number of pyridine rings is 2. The molecule has 0 bridgehead atoms. The van der Waals surface area contributed by atoms with E-state index < -0.39 is 0 Å². The van der Waals surface area contributed by atoms with E-state index in [2.05, 4.69) is 35.9 Å². The fourth-order valence-corrected chi connectivity index (χ4v) is 4.13. The topological polar surface area (TPSA) is 103 Å². The number of ether oxygens (including phenoxy) is 1. The number of anilines is 2. The molecule has 0 atom stereocenters. The number of halogens is 1. The average Bonchev–Trinajstić information content (AvgIpc) is 3.30. The Morgan fingerprint density at radius 2 is 1.79 bits per heavy atom. The summed E-state index contributed by atoms with van der Waals surface area (Å²) in [5.74, 6) is 1.94. The monoisotopic (exact) mass is 474 g/mol. The fourth-order valence-electron chi connectivity index (χ4n) is 3.85. The van der Waals surface area contributed by atoms with Crippen LogP contribution in [0.2, 0.25) is 5.02 Å². The van der Waals surface area contributed by atoms with E-state index in [4.69, 9.17) is 16.3 Å². The molecule has 2 N–H and O–H groups in total. The zero-order valence-corrected chi connectivity index (χ0v) is 19.5. The lowest BCUT2D eigenvalue weighted by atomic mass is 10.1. The summed E-state index contributed by atoms with van der Waals surface area (Å²) in [5.41, 5.74) is 2.84. The Balaban J connectivity index is 1.53. The first kappa shape index (κ1) is 21.8. The third-order valence-corrected chi connectivity index (χ3v) is 5.86. The molecule has 5 aromatic rings. The summed E-state index contributed by atoms with van der Waals surface area (Å²) in [7, 11) is 1.60. The minimum atomic E-state index is 0.516. The number of hydrogen-bond acceptors (Lipinski definition) is 8. The third-order valence-electron chi connectivity index (χ3n) is 5.57. The molecule has 0 aliphatic heterocycles. The van der Waals surface area contributed by atoms with Gasteiger partial charge in [0.2, 0.25) is 0 Å². The maximum atomic E-state index is 6.30. The second-order valence-corrected chi connectivity index (χ2v) is 8.09. The van der Waals surface area contributed by atoms with Crippen LogP contribution >= 0.6 is 11.6 Å². The lowest BCUT2D eigenvalue weighted by Gasteiger charge is -2.13. The quantitative estimate of drug-likeness (QED) is 0.334. The first-order valence-electron chi connectivity index (χ1n) is 10.9. The molecule has 1 aromatic carbocycles. The molecule has 34 heavy (non-hydrogen) atoms. The standard InChI is InChI=1S/C24H23ClN8O/c1-3-33-24-18(14-30-33)21-17(13-29-24)22(27-12-16-5-4-8-26-10-16)31-32-23(21)28-11-15-6-7-20(34-2)19(25)9-15/h4-10,13-14H,3,11-12H2,1-2H3,(H,27,31)(H,28,32). The first-order valence-corrected chi connectivity index (χ1v) is 11.3. The van der Waals surface area contributed by atoms with Crippen molar-refractivity contribution < 1.29 is 4.74 Å². The number of hydrogen-bond donors (Lipinski definition) is 2. The molecule has 5 rings (SSSR count). The Kier molecular flexibility index (Phi) is 6.09. The van der Waals surface area contributed by atoms with Gasteiger partial charge in [0, 0.05) is 49.0 Å². The lowest BCUT2D eigenvalue weighted by Crippen LogP contribution is -2.08. The van der Waals surface area contributed by atoms with E-state index in [-0.39, 0.29) is 0 Å². The Morgan fingerprint density at radius 3 is 2.56 bits per heavy atom. The Bertz CT molecular complexity index is 1450. The Hall–Kier alpha value is -3.98. The maximum absolute atomic E-state index is 6.30. The smallest absolute Gasteiger partial charge is 0.158 e. The van der Waals surface area contributed by atoms with Crippen molar-refractivity contribution >= 4 is 45.0 Å². The number of aryl methyl sites for hydroxylation is 1. The minimum absolute atomic E-state index is 0.516. The summed E-state index contributed by atoms with van der Waals surface area (Å²) in [5, 5.41) is 23.5. The van der Waals surface area contributed by atoms with Crippen molar-refractivity contribution in [1.82, 2.24) is 29.9 Å². The molecule has 0 aliphatic carbocycles. The van der Waals surface area contributed by atoms with Crippen LogP contribution < -0.4 is 15.4 Å². The summed E-state index contributed by atoms with van der Waals surface area (Å²) in [4.78, 5) is 8.84. The fraction of sp³-hybridized carbons (Fsp3) is 0.208. The van der Waals surface area contributed by atoms with E-state index in [1.165, 1.54) is 0 Å². The van der Waals surface area contributed by atoms with Crippen LogP contribution in [0.1, 0.15) is 18.1 Å². The number of benzene rings is 1. The molecule has 0 radical (unpaired) electrons. The minimum Gasteiger partial charge on any atom is -0.495 e. The van der Waals surface area contributed by atoms with Crippen molar-refractivity contribution in [3.63, 3.8) is 0 Å². The van der Waals surface area contributed by atoms with E-state index in [0.717, 1.165) is 39.5 Å². The number of nitrogens with one attached hydrogen (secondary N) is 2. The number of rotatable bonds is 8. The van der Waals surface area contributed by atoms with Crippen LogP contribution in [0.25, 0.3) is 21.8 Å². The van der Waals surface area contributed by atoms with Gasteiger partial charge in [0.15, 0.2) is 17.3 Å². The molecule has 0 spiro atoms. The Labute approximate surface area is 201 Å². The van der Waals surface area contributed by atoms with Gasteiger partial charge in [-0.2, -0.15) is 5.10 Å². The zero-order chi connectivity index (χ0) is 23.5. The molecule has 0 unspecified atom stereocenters. The molecular formula is C24H23ClN8O. The second kappa shape index (κ2) is 9.48. The van der Waals surface area contributed by atoms with Crippen LogP contribution in [0.3, 0.4) is 0 Å². The summed E-state index contributed by atoms with van der Waals surface area (Å²) < 4.78 is 7.11. The van der Waals surface area contributed by atoms with Gasteiger partial charge in [-0.1, -0.05) is 23.7 Å². The molecule has 0 amide bonds. The van der Waals surface area contributed by atoms with Crippen molar-refractivity contribution in [3.8, 4) is 5.75 Å². The van der Waals surface area contributed by atoms with Gasteiger partial charge in [0.05, 0.1) is 23.7 Å². The normalized spacial score (nSPS) is 11.1. The van der Waals surface area contributed by atoms with Gasteiger partial charge in [-0.25, -0.2) is 9.67 Å². The first-order chi connectivity index (χ1) is 16.7. The van der Waals surface area contributed by atoms with Crippen molar-refractivity contribution in [2.24, 2.45) is 0 Å². The van der Waals surface area contributed by atoms with Crippen LogP contribution in [0, 0.1) is 0 Å². The Morgan fingerprint density at radius 1 is 0.971 bits per heavy atom. The number of fused-ring (bicyclic) bond motifs is 3. The molecule has 9 nitrogen and oxygen atoms in total. The summed E-state index contributed by atoms with van der Waals surface area (Å²) in [6.07, 6.45) is 7.22. The predicted octanol–water partition coefficient (Wildman–Crippen LogP) is 4.68. The van der Waals surface area contributed by atoms with E-state index >= 15 is 0 Å². The highest BCUT2D eigenvalue weighted by molar-refractivity contribution is 6.32. The van der Waals surface area contributed by atoms with E-state index in [0.29, 0.717) is 35.5 Å². The van der Waals surface area contributed by atoms with Gasteiger partial charge >= 0.3 is 0 Å². The van der Waals surface area contributed by atoms with Crippen molar-refractivity contribution in [1.29, 1.82) is 0 Å². The highest BCUT2D eigenvalue weighted by Gasteiger charge is 2.16. The summed E-state index contributed by atoms with van der Waals surface area (Å²) in [6, 6.07) is 9.60. The van der Waals surface area contributed by atoms with E-state index in [1.807, 2.05) is 60.5 Å². The highest BCUT2D eigenvalue weighted by atomic mass is 35.5. The third kappa shape index (κ3) is 4.17. The van der Waals surface area contributed by atoms with Crippen LogP contribution in [0.5, 0.6) is 5.75 Å². The number of aromatic nitrogens is 6. The number of methoxy groups -OCH3 is 1. The van der Waals surface area contributed by atoms with E-state index in [9.17, 15) is 0 Å².